The molecule has 0 atom stereocenters. The monoisotopic (exact) mass is 375 g/mol. The van der Waals surface area contributed by atoms with Crippen LogP contribution in [0.15, 0.2) is 12.1 Å². The minimum Gasteiger partial charge on any atom is -0.297 e. The van der Waals surface area contributed by atoms with Crippen LogP contribution in [0.3, 0.4) is 0 Å². The fourth-order valence-electron chi connectivity index (χ4n) is 2.48. The van der Waals surface area contributed by atoms with Crippen LogP contribution in [-0.2, 0) is 6.42 Å². The van der Waals surface area contributed by atoms with E-state index in [0.29, 0.717) is 10.0 Å². The van der Waals surface area contributed by atoms with Gasteiger partial charge in [-0.25, -0.2) is 9.97 Å². The van der Waals surface area contributed by atoms with Gasteiger partial charge in [0.1, 0.15) is 10.4 Å². The zero-order chi connectivity index (χ0) is 16.7. The van der Waals surface area contributed by atoms with Crippen LogP contribution in [0, 0.1) is 6.92 Å². The first-order valence-corrected chi connectivity index (χ1v) is 9.85. The van der Waals surface area contributed by atoms with Crippen molar-refractivity contribution in [3.63, 3.8) is 0 Å². The molecule has 1 amide bonds. The Labute approximate surface area is 149 Å². The van der Waals surface area contributed by atoms with E-state index in [1.165, 1.54) is 11.3 Å². The maximum atomic E-state index is 12.5. The summed E-state index contributed by atoms with van der Waals surface area (Å²) in [5.41, 5.74) is 2.56. The molecule has 0 aliphatic carbocycles. The van der Waals surface area contributed by atoms with Gasteiger partial charge in [-0.2, -0.15) is 0 Å². The Morgan fingerprint density at radius 1 is 1.25 bits per heavy atom. The van der Waals surface area contributed by atoms with E-state index in [0.717, 1.165) is 55.5 Å². The second kappa shape index (κ2) is 6.15. The lowest BCUT2D eigenvalue weighted by molar-refractivity contribution is 0.102. The largest absolute Gasteiger partial charge is 0.297 e. The molecule has 24 heavy (non-hydrogen) atoms. The third-order valence-corrected chi connectivity index (χ3v) is 6.19. The van der Waals surface area contributed by atoms with Crippen molar-refractivity contribution in [1.29, 1.82) is 0 Å². The van der Waals surface area contributed by atoms with Gasteiger partial charge in [0.25, 0.3) is 5.91 Å². The highest BCUT2D eigenvalue weighted by molar-refractivity contribution is 7.24. The number of thiazole rings is 2. The molecule has 0 aliphatic rings. The van der Waals surface area contributed by atoms with Crippen molar-refractivity contribution in [2.24, 2.45) is 0 Å². The van der Waals surface area contributed by atoms with Gasteiger partial charge in [0.2, 0.25) is 0 Å². The number of amides is 1. The normalized spacial score (nSPS) is 11.4. The van der Waals surface area contributed by atoms with E-state index in [4.69, 9.17) is 0 Å². The van der Waals surface area contributed by atoms with Crippen LogP contribution < -0.4 is 5.32 Å². The van der Waals surface area contributed by atoms with Gasteiger partial charge >= 0.3 is 0 Å². The first kappa shape index (κ1) is 15.6. The molecule has 0 spiro atoms. The third-order valence-electron chi connectivity index (χ3n) is 3.49. The first-order chi connectivity index (χ1) is 11.7. The molecule has 0 unspecified atom stereocenters. The van der Waals surface area contributed by atoms with E-state index < -0.39 is 0 Å². The number of carbonyl (C=O) groups excluding carboxylic acids is 1. The molecule has 3 aromatic heterocycles. The molecule has 4 rings (SSSR count). The molecule has 9 heteroatoms. The highest BCUT2D eigenvalue weighted by Gasteiger charge is 2.18. The van der Waals surface area contributed by atoms with Crippen LogP contribution in [-0.4, -0.2) is 25.5 Å². The number of hydrogen-bond acceptors (Lipinski definition) is 8. The van der Waals surface area contributed by atoms with Crippen LogP contribution in [0.4, 0.5) is 5.13 Å². The number of rotatable bonds is 4. The lowest BCUT2D eigenvalue weighted by Crippen LogP contribution is -2.12. The van der Waals surface area contributed by atoms with Gasteiger partial charge in [-0.05, 0) is 37.0 Å². The summed E-state index contributed by atoms with van der Waals surface area (Å²) in [6.45, 7) is 4.04. The van der Waals surface area contributed by atoms with Crippen molar-refractivity contribution in [3.8, 4) is 0 Å². The molecule has 0 aliphatic heterocycles. The van der Waals surface area contributed by atoms with Crippen LogP contribution in [0.1, 0.15) is 33.7 Å². The highest BCUT2D eigenvalue weighted by Crippen LogP contribution is 2.34. The number of anilines is 1. The molecule has 1 N–H and O–H groups in total. The summed E-state index contributed by atoms with van der Waals surface area (Å²) in [4.78, 5) is 22.1. The number of benzene rings is 1. The first-order valence-electron chi connectivity index (χ1n) is 7.45. The SMILES string of the molecule is CCCc1nnsc1C(=O)Nc1nc2ccc3sc(C)nc3c2s1. The fraction of sp³-hybridized carbons (Fsp3) is 0.267. The molecular weight excluding hydrogens is 362 g/mol. The zero-order valence-electron chi connectivity index (χ0n) is 13.0. The summed E-state index contributed by atoms with van der Waals surface area (Å²) >= 11 is 4.23. The average molecular weight is 376 g/mol. The molecular formula is C15H13N5OS3. The summed E-state index contributed by atoms with van der Waals surface area (Å²) in [5, 5.41) is 8.51. The summed E-state index contributed by atoms with van der Waals surface area (Å²) < 4.78 is 6.04. The minimum absolute atomic E-state index is 0.196. The lowest BCUT2D eigenvalue weighted by Gasteiger charge is -1.99. The smallest absolute Gasteiger partial charge is 0.271 e. The van der Waals surface area contributed by atoms with Gasteiger partial charge in [0, 0.05) is 0 Å². The van der Waals surface area contributed by atoms with Gasteiger partial charge in [-0.3, -0.25) is 10.1 Å². The number of nitrogens with zero attached hydrogens (tertiary/aromatic N) is 4. The Kier molecular flexibility index (Phi) is 3.99. The van der Waals surface area contributed by atoms with Crippen molar-refractivity contribution in [2.75, 3.05) is 5.32 Å². The molecule has 4 aromatic rings. The van der Waals surface area contributed by atoms with Gasteiger partial charge < -0.3 is 0 Å². The van der Waals surface area contributed by atoms with Crippen molar-refractivity contribution in [3.05, 3.63) is 27.7 Å². The van der Waals surface area contributed by atoms with Gasteiger partial charge in [0.05, 0.1) is 25.6 Å². The average Bonchev–Trinajstić information content (AvgIpc) is 3.23. The van der Waals surface area contributed by atoms with E-state index in [1.54, 1.807) is 11.3 Å². The summed E-state index contributed by atoms with van der Waals surface area (Å²) in [6.07, 6.45) is 1.67. The standard InChI is InChI=1S/C15H13N5OS3/c1-3-4-9-13(24-20-19-9)14(21)18-15-17-8-5-6-10-11(12(8)23-15)16-7(2)22-10/h5-6H,3-4H2,1-2H3,(H,17,18,21). The summed E-state index contributed by atoms with van der Waals surface area (Å²) in [5.74, 6) is -0.196. The number of carbonyl (C=O) groups is 1. The lowest BCUT2D eigenvalue weighted by atomic mass is 10.2. The summed E-state index contributed by atoms with van der Waals surface area (Å²) in [7, 11) is 0. The maximum Gasteiger partial charge on any atom is 0.271 e. The molecule has 1 aromatic carbocycles. The second-order valence-corrected chi connectivity index (χ2v) is 8.25. The van der Waals surface area contributed by atoms with E-state index in [2.05, 4.69) is 31.8 Å². The molecule has 6 nitrogen and oxygen atoms in total. The number of aryl methyl sites for hydroxylation is 2. The van der Waals surface area contributed by atoms with E-state index in [-0.39, 0.29) is 5.91 Å². The molecule has 3 heterocycles. The minimum atomic E-state index is -0.196. The van der Waals surface area contributed by atoms with E-state index in [1.807, 2.05) is 19.1 Å². The Bertz CT molecular complexity index is 1050. The third kappa shape index (κ3) is 2.68. The Hall–Kier alpha value is -1.97. The van der Waals surface area contributed by atoms with Gasteiger partial charge in [-0.15, -0.1) is 16.4 Å². The highest BCUT2D eigenvalue weighted by atomic mass is 32.1. The molecule has 0 bridgehead atoms. The van der Waals surface area contributed by atoms with Crippen LogP contribution in [0.5, 0.6) is 0 Å². The van der Waals surface area contributed by atoms with Crippen LogP contribution in [0.2, 0.25) is 0 Å². The fourth-order valence-corrected chi connectivity index (χ4v) is 4.93. The van der Waals surface area contributed by atoms with E-state index >= 15 is 0 Å². The zero-order valence-corrected chi connectivity index (χ0v) is 15.4. The topological polar surface area (TPSA) is 80.7 Å². The molecule has 0 fully saturated rings. The Morgan fingerprint density at radius 2 is 2.12 bits per heavy atom. The maximum absolute atomic E-state index is 12.5. The van der Waals surface area contributed by atoms with Crippen molar-refractivity contribution < 1.29 is 4.79 Å². The number of aromatic nitrogens is 4. The second-order valence-electron chi connectivity index (χ2n) is 5.27. The molecule has 0 saturated carbocycles. The molecule has 122 valence electrons. The molecule has 0 radical (unpaired) electrons. The van der Waals surface area contributed by atoms with Crippen LogP contribution >= 0.6 is 34.2 Å². The van der Waals surface area contributed by atoms with Crippen LogP contribution in [0.25, 0.3) is 20.4 Å². The van der Waals surface area contributed by atoms with Crippen molar-refractivity contribution in [2.45, 2.75) is 26.7 Å². The predicted octanol–water partition coefficient (Wildman–Crippen LogP) is 4.27. The summed E-state index contributed by atoms with van der Waals surface area (Å²) in [6, 6.07) is 4.00. The van der Waals surface area contributed by atoms with Gasteiger partial charge in [0.15, 0.2) is 5.13 Å². The number of nitrogens with one attached hydrogen (secondary N) is 1. The quantitative estimate of drug-likeness (QED) is 0.576. The van der Waals surface area contributed by atoms with E-state index in [9.17, 15) is 4.79 Å². The number of fused-ring (bicyclic) bond motifs is 3. The Morgan fingerprint density at radius 3 is 2.96 bits per heavy atom. The van der Waals surface area contributed by atoms with Gasteiger partial charge in [-0.1, -0.05) is 29.2 Å². The number of hydrogen-bond donors (Lipinski definition) is 1. The Balaban J connectivity index is 1.68. The van der Waals surface area contributed by atoms with Crippen molar-refractivity contribution in [1.82, 2.24) is 19.6 Å². The predicted molar refractivity (Wildman–Crippen MR) is 99.4 cm³/mol. The molecule has 0 saturated heterocycles. The van der Waals surface area contributed by atoms with Crippen molar-refractivity contribution >= 4 is 65.7 Å².